The fraction of sp³-hybridized carbons (Fsp3) is 0.222. The first kappa shape index (κ1) is 13.6. The van der Waals surface area contributed by atoms with Crippen LogP contribution in [0.4, 0.5) is 0 Å². The Morgan fingerprint density at radius 2 is 1.76 bits per heavy atom. The Morgan fingerprint density at radius 1 is 1.00 bits per heavy atom. The van der Waals surface area contributed by atoms with Crippen LogP contribution >= 0.6 is 0 Å². The van der Waals surface area contributed by atoms with Crippen molar-refractivity contribution in [2.75, 3.05) is 7.11 Å². The highest BCUT2D eigenvalue weighted by atomic mass is 16.5. The number of benzene rings is 2. The molecule has 0 atom stereocenters. The predicted molar refractivity (Wildman–Crippen MR) is 85.0 cm³/mol. The third kappa shape index (κ3) is 2.47. The highest BCUT2D eigenvalue weighted by molar-refractivity contribution is 5.87. The Hall–Kier alpha value is -2.42. The summed E-state index contributed by atoms with van der Waals surface area (Å²) in [5, 5.41) is 1.27. The molecular weight excluding hydrogens is 262 g/mol. The number of hydrogen-bond donors (Lipinski definition) is 0. The monoisotopic (exact) mass is 281 g/mol. The van der Waals surface area contributed by atoms with E-state index in [4.69, 9.17) is 9.47 Å². The second kappa shape index (κ2) is 5.52. The SMILES string of the molecule is COc1ccccc1OCc1cn(C)c2cccc(C)c12. The predicted octanol–water partition coefficient (Wildman–Crippen LogP) is 4.07. The molecule has 0 aliphatic rings. The van der Waals surface area contributed by atoms with Crippen LogP contribution in [0, 0.1) is 6.92 Å². The van der Waals surface area contributed by atoms with Crippen LogP contribution in [-0.4, -0.2) is 11.7 Å². The lowest BCUT2D eigenvalue weighted by molar-refractivity contribution is 0.285. The average molecular weight is 281 g/mol. The maximum atomic E-state index is 5.95. The first-order chi connectivity index (χ1) is 10.2. The largest absolute Gasteiger partial charge is 0.493 e. The van der Waals surface area contributed by atoms with E-state index in [1.54, 1.807) is 7.11 Å². The van der Waals surface area contributed by atoms with Crippen molar-refractivity contribution in [3.05, 3.63) is 59.8 Å². The number of nitrogens with zero attached hydrogens (tertiary/aromatic N) is 1. The van der Waals surface area contributed by atoms with Crippen LogP contribution in [0.2, 0.25) is 0 Å². The van der Waals surface area contributed by atoms with Crippen molar-refractivity contribution in [2.24, 2.45) is 7.05 Å². The van der Waals surface area contributed by atoms with E-state index in [1.807, 2.05) is 24.3 Å². The van der Waals surface area contributed by atoms with Gasteiger partial charge in [-0.1, -0.05) is 24.3 Å². The standard InChI is InChI=1S/C18H19NO2/c1-13-7-6-8-15-18(13)14(11-19(15)2)12-21-17-10-5-4-9-16(17)20-3/h4-11H,12H2,1-3H3. The molecule has 0 saturated carbocycles. The Balaban J connectivity index is 1.92. The Morgan fingerprint density at radius 3 is 2.52 bits per heavy atom. The normalized spacial score (nSPS) is 10.8. The summed E-state index contributed by atoms with van der Waals surface area (Å²) < 4.78 is 13.4. The van der Waals surface area contributed by atoms with Crippen LogP contribution in [0.15, 0.2) is 48.7 Å². The van der Waals surface area contributed by atoms with Crippen LogP contribution in [-0.2, 0) is 13.7 Å². The van der Waals surface area contributed by atoms with Crippen LogP contribution in [0.3, 0.4) is 0 Å². The molecule has 1 heterocycles. The minimum atomic E-state index is 0.530. The number of methoxy groups -OCH3 is 1. The highest BCUT2D eigenvalue weighted by Gasteiger charge is 2.10. The molecule has 0 unspecified atom stereocenters. The lowest BCUT2D eigenvalue weighted by atomic mass is 10.1. The molecule has 0 spiro atoms. The van der Waals surface area contributed by atoms with Gasteiger partial charge in [0.25, 0.3) is 0 Å². The van der Waals surface area contributed by atoms with Crippen LogP contribution < -0.4 is 9.47 Å². The highest BCUT2D eigenvalue weighted by Crippen LogP contribution is 2.29. The smallest absolute Gasteiger partial charge is 0.161 e. The van der Waals surface area contributed by atoms with Crippen LogP contribution in [0.25, 0.3) is 10.9 Å². The molecule has 3 rings (SSSR count). The lowest BCUT2D eigenvalue weighted by Crippen LogP contribution is -1.97. The van der Waals surface area contributed by atoms with E-state index in [-0.39, 0.29) is 0 Å². The maximum Gasteiger partial charge on any atom is 0.161 e. The number of para-hydroxylation sites is 2. The van der Waals surface area contributed by atoms with Gasteiger partial charge in [-0.05, 0) is 30.7 Å². The van der Waals surface area contributed by atoms with Crippen molar-refractivity contribution in [3.8, 4) is 11.5 Å². The summed E-state index contributed by atoms with van der Waals surface area (Å²) in [5.74, 6) is 1.53. The molecule has 2 aromatic carbocycles. The molecule has 0 amide bonds. The molecule has 0 N–H and O–H groups in total. The first-order valence-corrected chi connectivity index (χ1v) is 7.00. The average Bonchev–Trinajstić information content (AvgIpc) is 2.83. The van der Waals surface area contributed by atoms with Gasteiger partial charge >= 0.3 is 0 Å². The molecule has 1 aromatic heterocycles. The van der Waals surface area contributed by atoms with Crippen molar-refractivity contribution >= 4 is 10.9 Å². The Bertz CT molecular complexity index is 774. The maximum absolute atomic E-state index is 5.95. The van der Waals surface area contributed by atoms with Gasteiger partial charge in [-0.25, -0.2) is 0 Å². The van der Waals surface area contributed by atoms with Gasteiger partial charge in [0, 0.05) is 29.7 Å². The zero-order valence-corrected chi connectivity index (χ0v) is 12.6. The first-order valence-electron chi connectivity index (χ1n) is 7.00. The molecule has 0 saturated heterocycles. The number of fused-ring (bicyclic) bond motifs is 1. The van der Waals surface area contributed by atoms with Crippen molar-refractivity contribution in [2.45, 2.75) is 13.5 Å². The molecule has 0 aliphatic heterocycles. The van der Waals surface area contributed by atoms with E-state index in [0.717, 1.165) is 11.5 Å². The quantitative estimate of drug-likeness (QED) is 0.719. The summed E-state index contributed by atoms with van der Waals surface area (Å²) in [7, 11) is 3.72. The van der Waals surface area contributed by atoms with Gasteiger partial charge in [-0.15, -0.1) is 0 Å². The summed E-state index contributed by atoms with van der Waals surface area (Å²) >= 11 is 0. The minimum Gasteiger partial charge on any atom is -0.493 e. The number of aromatic nitrogens is 1. The van der Waals surface area contributed by atoms with Crippen molar-refractivity contribution in [1.82, 2.24) is 4.57 Å². The van der Waals surface area contributed by atoms with Gasteiger partial charge in [0.15, 0.2) is 11.5 Å². The van der Waals surface area contributed by atoms with Gasteiger partial charge in [0.1, 0.15) is 6.61 Å². The third-order valence-electron chi connectivity index (χ3n) is 3.75. The van der Waals surface area contributed by atoms with Gasteiger partial charge < -0.3 is 14.0 Å². The second-order valence-electron chi connectivity index (χ2n) is 5.17. The van der Waals surface area contributed by atoms with E-state index in [2.05, 4.69) is 42.9 Å². The van der Waals surface area contributed by atoms with Crippen LogP contribution in [0.1, 0.15) is 11.1 Å². The second-order valence-corrected chi connectivity index (χ2v) is 5.17. The zero-order valence-electron chi connectivity index (χ0n) is 12.6. The topological polar surface area (TPSA) is 23.4 Å². The number of rotatable bonds is 4. The van der Waals surface area contributed by atoms with Gasteiger partial charge in [0.2, 0.25) is 0 Å². The molecule has 0 bridgehead atoms. The van der Waals surface area contributed by atoms with Gasteiger partial charge in [0.05, 0.1) is 7.11 Å². The van der Waals surface area contributed by atoms with Crippen molar-refractivity contribution in [1.29, 1.82) is 0 Å². The molecule has 0 radical (unpaired) electrons. The summed E-state index contributed by atoms with van der Waals surface area (Å²) in [6.07, 6.45) is 2.13. The summed E-state index contributed by atoms with van der Waals surface area (Å²) in [4.78, 5) is 0. The minimum absolute atomic E-state index is 0.530. The molecule has 21 heavy (non-hydrogen) atoms. The fourth-order valence-electron chi connectivity index (χ4n) is 2.73. The van der Waals surface area contributed by atoms with E-state index in [1.165, 1.54) is 22.0 Å². The fourth-order valence-corrected chi connectivity index (χ4v) is 2.73. The van der Waals surface area contributed by atoms with Crippen molar-refractivity contribution in [3.63, 3.8) is 0 Å². The summed E-state index contributed by atoms with van der Waals surface area (Å²) in [6, 6.07) is 14.1. The number of aryl methyl sites for hydroxylation is 2. The molecule has 3 heteroatoms. The van der Waals surface area contributed by atoms with Crippen LogP contribution in [0.5, 0.6) is 11.5 Å². The number of hydrogen-bond acceptors (Lipinski definition) is 2. The van der Waals surface area contributed by atoms with Crippen molar-refractivity contribution < 1.29 is 9.47 Å². The lowest BCUT2D eigenvalue weighted by Gasteiger charge is -2.10. The molecule has 0 aliphatic carbocycles. The van der Waals surface area contributed by atoms with E-state index in [0.29, 0.717) is 6.61 Å². The van der Waals surface area contributed by atoms with E-state index >= 15 is 0 Å². The van der Waals surface area contributed by atoms with E-state index in [9.17, 15) is 0 Å². The zero-order chi connectivity index (χ0) is 14.8. The molecule has 3 nitrogen and oxygen atoms in total. The number of ether oxygens (including phenoxy) is 2. The summed E-state index contributed by atoms with van der Waals surface area (Å²) in [5.41, 5.74) is 3.69. The molecule has 3 aromatic rings. The van der Waals surface area contributed by atoms with E-state index < -0.39 is 0 Å². The molecular formula is C18H19NO2. The van der Waals surface area contributed by atoms with Gasteiger partial charge in [-0.2, -0.15) is 0 Å². The Labute approximate surface area is 124 Å². The molecule has 0 fully saturated rings. The van der Waals surface area contributed by atoms with Gasteiger partial charge in [-0.3, -0.25) is 0 Å². The summed E-state index contributed by atoms with van der Waals surface area (Å²) in [6.45, 7) is 2.66. The Kier molecular flexibility index (Phi) is 3.57. The molecule has 108 valence electrons. The third-order valence-corrected chi connectivity index (χ3v) is 3.75.